The number of nitrogens with zero attached hydrogens (tertiary/aromatic N) is 2. The first kappa shape index (κ1) is 8.66. The molecule has 0 aromatic carbocycles. The van der Waals surface area contributed by atoms with Gasteiger partial charge in [-0.05, 0) is 6.07 Å². The summed E-state index contributed by atoms with van der Waals surface area (Å²) in [4.78, 5) is 7.45. The van der Waals surface area contributed by atoms with Gasteiger partial charge in [0.2, 0.25) is 0 Å². The summed E-state index contributed by atoms with van der Waals surface area (Å²) in [7, 11) is 0. The lowest BCUT2D eigenvalue weighted by Crippen LogP contribution is -1.87. The summed E-state index contributed by atoms with van der Waals surface area (Å²) in [6.07, 6.45) is 2.40. The van der Waals surface area contributed by atoms with E-state index in [1.807, 2.05) is 0 Å². The minimum absolute atomic E-state index is 0.185. The van der Waals surface area contributed by atoms with Gasteiger partial charge < -0.3 is 0 Å². The van der Waals surface area contributed by atoms with Crippen LogP contribution in [-0.2, 0) is 0 Å². The number of rotatable bonds is 0. The molecule has 2 nitrogen and oxygen atoms in total. The third-order valence-electron chi connectivity index (χ3n) is 1.59. The molecule has 0 saturated carbocycles. The van der Waals surface area contributed by atoms with Gasteiger partial charge in [-0.3, -0.25) is 4.98 Å². The molecule has 2 aromatic heterocycles. The van der Waals surface area contributed by atoms with Gasteiger partial charge in [0, 0.05) is 11.6 Å². The summed E-state index contributed by atoms with van der Waals surface area (Å²) >= 11 is 11.4. The highest BCUT2D eigenvalue weighted by Crippen LogP contribution is 2.24. The average Bonchev–Trinajstić information content (AvgIpc) is 2.12. The molecule has 0 fully saturated rings. The zero-order chi connectivity index (χ0) is 9.42. The van der Waals surface area contributed by atoms with Gasteiger partial charge in [0.15, 0.2) is 5.82 Å². The number of fused-ring (bicyclic) bond motifs is 1. The van der Waals surface area contributed by atoms with Gasteiger partial charge in [-0.1, -0.05) is 23.2 Å². The van der Waals surface area contributed by atoms with Gasteiger partial charge in [-0.15, -0.1) is 0 Å². The predicted octanol–water partition coefficient (Wildman–Crippen LogP) is 3.08. The van der Waals surface area contributed by atoms with Crippen molar-refractivity contribution in [3.63, 3.8) is 0 Å². The van der Waals surface area contributed by atoms with Crippen molar-refractivity contribution in [3.8, 4) is 0 Å². The van der Waals surface area contributed by atoms with Gasteiger partial charge in [-0.2, -0.15) is 0 Å². The first-order valence-electron chi connectivity index (χ1n) is 3.44. The normalized spacial score (nSPS) is 10.7. The molecule has 0 spiro atoms. The summed E-state index contributed by atoms with van der Waals surface area (Å²) < 4.78 is 13.1. The van der Waals surface area contributed by atoms with Crippen LogP contribution in [0.5, 0.6) is 0 Å². The van der Waals surface area contributed by atoms with E-state index in [2.05, 4.69) is 9.97 Å². The van der Waals surface area contributed by atoms with Crippen LogP contribution in [0.1, 0.15) is 0 Å². The minimum Gasteiger partial charge on any atom is -0.251 e. The average molecular weight is 217 g/mol. The largest absolute Gasteiger partial charge is 0.251 e. The molecule has 13 heavy (non-hydrogen) atoms. The molecule has 0 bridgehead atoms. The Hall–Kier alpha value is -0.930. The molecule has 0 saturated heterocycles. The molecule has 5 heteroatoms. The van der Waals surface area contributed by atoms with Gasteiger partial charge in [-0.25, -0.2) is 9.37 Å². The number of halogens is 3. The Balaban J connectivity index is 2.92. The summed E-state index contributed by atoms with van der Waals surface area (Å²) in [5.41, 5.74) is 0.185. The maximum absolute atomic E-state index is 13.1. The van der Waals surface area contributed by atoms with Crippen LogP contribution in [0.2, 0.25) is 10.2 Å². The lowest BCUT2D eigenvalue weighted by atomic mass is 10.3. The molecule has 0 unspecified atom stereocenters. The Labute approximate surface area is 83.3 Å². The van der Waals surface area contributed by atoms with Crippen LogP contribution in [0, 0.1) is 5.82 Å². The van der Waals surface area contributed by atoms with E-state index in [-0.39, 0.29) is 10.7 Å². The Morgan fingerprint density at radius 1 is 1.15 bits per heavy atom. The fourth-order valence-corrected chi connectivity index (χ4v) is 1.38. The van der Waals surface area contributed by atoms with E-state index in [4.69, 9.17) is 23.2 Å². The molecule has 0 N–H and O–H groups in total. The molecule has 2 rings (SSSR count). The molecule has 0 amide bonds. The van der Waals surface area contributed by atoms with E-state index < -0.39 is 5.82 Å². The molecule has 0 radical (unpaired) electrons. The van der Waals surface area contributed by atoms with Crippen molar-refractivity contribution < 1.29 is 4.39 Å². The third kappa shape index (κ3) is 1.45. The smallest absolute Gasteiger partial charge is 0.167 e. The molecular formula is C8H3Cl2FN2. The topological polar surface area (TPSA) is 25.8 Å². The number of aromatic nitrogens is 2. The van der Waals surface area contributed by atoms with E-state index in [9.17, 15) is 4.39 Å². The molecule has 0 aliphatic rings. The molecule has 0 atom stereocenters. The molecule has 2 aromatic rings. The Morgan fingerprint density at radius 3 is 2.69 bits per heavy atom. The second-order valence-corrected chi connectivity index (χ2v) is 3.24. The summed E-state index contributed by atoms with van der Waals surface area (Å²) in [6.45, 7) is 0. The quantitative estimate of drug-likeness (QED) is 0.633. The summed E-state index contributed by atoms with van der Waals surface area (Å²) in [6, 6.07) is 1.53. The summed E-state index contributed by atoms with van der Waals surface area (Å²) in [5.74, 6) is -0.504. The van der Waals surface area contributed by atoms with Crippen molar-refractivity contribution in [1.29, 1.82) is 0 Å². The number of hydrogen-bond acceptors (Lipinski definition) is 2. The van der Waals surface area contributed by atoms with Gasteiger partial charge in [0.25, 0.3) is 0 Å². The maximum Gasteiger partial charge on any atom is 0.167 e. The van der Waals surface area contributed by atoms with E-state index in [0.29, 0.717) is 10.4 Å². The lowest BCUT2D eigenvalue weighted by molar-refractivity contribution is 0.631. The van der Waals surface area contributed by atoms with Crippen molar-refractivity contribution in [3.05, 3.63) is 34.5 Å². The van der Waals surface area contributed by atoms with Crippen LogP contribution in [-0.4, -0.2) is 9.97 Å². The molecule has 66 valence electrons. The Bertz CT molecular complexity index is 473. The van der Waals surface area contributed by atoms with E-state index in [1.165, 1.54) is 12.3 Å². The van der Waals surface area contributed by atoms with Crippen LogP contribution in [0.15, 0.2) is 18.5 Å². The molecule has 0 aliphatic carbocycles. The van der Waals surface area contributed by atoms with E-state index in [0.717, 1.165) is 6.20 Å². The monoisotopic (exact) mass is 216 g/mol. The lowest BCUT2D eigenvalue weighted by Gasteiger charge is -1.99. The van der Waals surface area contributed by atoms with Crippen molar-refractivity contribution in [2.75, 3.05) is 0 Å². The highest BCUT2D eigenvalue weighted by Gasteiger charge is 2.06. The van der Waals surface area contributed by atoms with E-state index >= 15 is 0 Å². The third-order valence-corrected chi connectivity index (χ3v) is 2.10. The Morgan fingerprint density at radius 2 is 1.92 bits per heavy atom. The summed E-state index contributed by atoms with van der Waals surface area (Å²) in [5, 5.41) is 1.03. The highest BCUT2D eigenvalue weighted by molar-refractivity contribution is 6.35. The molecule has 2 heterocycles. The second kappa shape index (κ2) is 3.09. The first-order chi connectivity index (χ1) is 6.18. The fourth-order valence-electron chi connectivity index (χ4n) is 1.03. The van der Waals surface area contributed by atoms with Gasteiger partial charge in [0.1, 0.15) is 10.7 Å². The maximum atomic E-state index is 13.1. The zero-order valence-electron chi connectivity index (χ0n) is 6.26. The van der Waals surface area contributed by atoms with Crippen LogP contribution in [0.3, 0.4) is 0 Å². The van der Waals surface area contributed by atoms with Crippen LogP contribution in [0.25, 0.3) is 10.9 Å². The van der Waals surface area contributed by atoms with E-state index in [1.54, 1.807) is 0 Å². The van der Waals surface area contributed by atoms with Crippen LogP contribution < -0.4 is 0 Å². The predicted molar refractivity (Wildman–Crippen MR) is 49.5 cm³/mol. The van der Waals surface area contributed by atoms with Crippen LogP contribution >= 0.6 is 23.2 Å². The van der Waals surface area contributed by atoms with Crippen molar-refractivity contribution in [1.82, 2.24) is 9.97 Å². The van der Waals surface area contributed by atoms with Crippen LogP contribution in [0.4, 0.5) is 4.39 Å². The highest BCUT2D eigenvalue weighted by atomic mass is 35.5. The minimum atomic E-state index is -0.504. The zero-order valence-corrected chi connectivity index (χ0v) is 7.77. The SMILES string of the molecule is Fc1cnc(Cl)c2cc(Cl)cnc12. The van der Waals surface area contributed by atoms with Crippen molar-refractivity contribution >= 4 is 34.1 Å². The van der Waals surface area contributed by atoms with Crippen molar-refractivity contribution in [2.45, 2.75) is 0 Å². The van der Waals surface area contributed by atoms with Gasteiger partial charge in [0.05, 0.1) is 11.2 Å². The fraction of sp³-hybridized carbons (Fsp3) is 0. The molecular weight excluding hydrogens is 214 g/mol. The first-order valence-corrected chi connectivity index (χ1v) is 4.19. The number of hydrogen-bond donors (Lipinski definition) is 0. The van der Waals surface area contributed by atoms with Crippen molar-refractivity contribution in [2.24, 2.45) is 0 Å². The second-order valence-electron chi connectivity index (χ2n) is 2.45. The molecule has 0 aliphatic heterocycles. The standard InChI is InChI=1S/C8H3Cl2FN2/c9-4-1-5-7(12-2-4)6(11)3-13-8(5)10/h1-3H. The van der Waals surface area contributed by atoms with Gasteiger partial charge >= 0.3 is 0 Å². The Kier molecular flexibility index (Phi) is 2.06. The number of pyridine rings is 2.